The first-order chi connectivity index (χ1) is 7.26. The molecule has 1 aromatic heterocycles. The van der Waals surface area contributed by atoms with Crippen molar-refractivity contribution in [1.82, 2.24) is 4.98 Å². The van der Waals surface area contributed by atoms with E-state index in [4.69, 9.17) is 5.11 Å². The van der Waals surface area contributed by atoms with Crippen LogP contribution in [0.25, 0.3) is 0 Å². The summed E-state index contributed by atoms with van der Waals surface area (Å²) in [5, 5.41) is 9.07. The summed E-state index contributed by atoms with van der Waals surface area (Å²) in [5.74, 6) is 1.05. The third-order valence-corrected chi connectivity index (χ3v) is 2.97. The van der Waals surface area contributed by atoms with Crippen molar-refractivity contribution in [3.63, 3.8) is 0 Å². The predicted molar refractivity (Wildman–Crippen MR) is 60.9 cm³/mol. The molecule has 1 aliphatic carbocycles. The van der Waals surface area contributed by atoms with Crippen molar-refractivity contribution in [2.75, 3.05) is 11.4 Å². The van der Waals surface area contributed by atoms with Crippen LogP contribution in [0.15, 0.2) is 12.1 Å². The largest absolute Gasteiger partial charge is 0.392 e. The fourth-order valence-corrected chi connectivity index (χ4v) is 1.90. The van der Waals surface area contributed by atoms with Crippen LogP contribution in [-0.2, 0) is 6.61 Å². The number of aliphatic hydroxyl groups excluding tert-OH is 1. The van der Waals surface area contributed by atoms with E-state index < -0.39 is 0 Å². The zero-order chi connectivity index (χ0) is 10.8. The standard InChI is InChI=1S/C12H18N2O/c1-3-14(11-5-6-11)12-7-4-10(8-15)9(2)13-12/h4,7,11,15H,3,5-6,8H2,1-2H3. The lowest BCUT2D eigenvalue weighted by molar-refractivity contribution is 0.280. The van der Waals surface area contributed by atoms with Gasteiger partial charge in [-0.3, -0.25) is 0 Å². The van der Waals surface area contributed by atoms with E-state index in [1.54, 1.807) is 0 Å². The van der Waals surface area contributed by atoms with Crippen LogP contribution in [-0.4, -0.2) is 22.7 Å². The van der Waals surface area contributed by atoms with Crippen LogP contribution in [0.3, 0.4) is 0 Å². The van der Waals surface area contributed by atoms with Crippen molar-refractivity contribution < 1.29 is 5.11 Å². The van der Waals surface area contributed by atoms with E-state index in [0.29, 0.717) is 6.04 Å². The highest BCUT2D eigenvalue weighted by molar-refractivity contribution is 5.43. The Balaban J connectivity index is 2.23. The van der Waals surface area contributed by atoms with Crippen molar-refractivity contribution in [3.05, 3.63) is 23.4 Å². The zero-order valence-corrected chi connectivity index (χ0v) is 9.40. The number of hydrogen-bond donors (Lipinski definition) is 1. The second-order valence-corrected chi connectivity index (χ2v) is 4.09. The maximum Gasteiger partial charge on any atom is 0.129 e. The molecule has 2 rings (SSSR count). The fraction of sp³-hybridized carbons (Fsp3) is 0.583. The summed E-state index contributed by atoms with van der Waals surface area (Å²) in [5.41, 5.74) is 1.86. The molecule has 1 aliphatic rings. The average Bonchev–Trinajstić information content (AvgIpc) is 3.03. The van der Waals surface area contributed by atoms with Crippen LogP contribution >= 0.6 is 0 Å². The van der Waals surface area contributed by atoms with Crippen molar-refractivity contribution >= 4 is 5.82 Å². The van der Waals surface area contributed by atoms with E-state index in [-0.39, 0.29) is 6.61 Å². The Morgan fingerprint density at radius 1 is 1.47 bits per heavy atom. The Bertz CT molecular complexity index is 347. The summed E-state index contributed by atoms with van der Waals surface area (Å²) in [7, 11) is 0. The molecule has 0 amide bonds. The van der Waals surface area contributed by atoms with E-state index >= 15 is 0 Å². The zero-order valence-electron chi connectivity index (χ0n) is 9.40. The number of nitrogens with zero attached hydrogens (tertiary/aromatic N) is 2. The van der Waals surface area contributed by atoms with Gasteiger partial charge in [0.05, 0.1) is 6.61 Å². The summed E-state index contributed by atoms with van der Waals surface area (Å²) >= 11 is 0. The first-order valence-electron chi connectivity index (χ1n) is 5.60. The summed E-state index contributed by atoms with van der Waals surface area (Å²) in [4.78, 5) is 6.88. The molecule has 0 spiro atoms. The van der Waals surface area contributed by atoms with Gasteiger partial charge in [-0.25, -0.2) is 4.98 Å². The number of aliphatic hydroxyl groups is 1. The smallest absolute Gasteiger partial charge is 0.129 e. The summed E-state index contributed by atoms with van der Waals surface area (Å²) in [6.07, 6.45) is 2.58. The molecule has 1 N–H and O–H groups in total. The highest BCUT2D eigenvalue weighted by atomic mass is 16.3. The highest BCUT2D eigenvalue weighted by Gasteiger charge is 2.28. The molecule has 0 aromatic carbocycles. The third-order valence-electron chi connectivity index (χ3n) is 2.97. The Morgan fingerprint density at radius 2 is 2.20 bits per heavy atom. The molecule has 3 heteroatoms. The lowest BCUT2D eigenvalue weighted by Crippen LogP contribution is -2.26. The minimum absolute atomic E-state index is 0.0780. The number of hydrogen-bond acceptors (Lipinski definition) is 3. The van der Waals surface area contributed by atoms with Crippen LogP contribution in [0, 0.1) is 6.92 Å². The molecule has 82 valence electrons. The minimum Gasteiger partial charge on any atom is -0.392 e. The van der Waals surface area contributed by atoms with Crippen molar-refractivity contribution in [2.45, 2.75) is 39.3 Å². The minimum atomic E-state index is 0.0780. The molecule has 1 fully saturated rings. The van der Waals surface area contributed by atoms with Crippen LogP contribution in [0.4, 0.5) is 5.82 Å². The summed E-state index contributed by atoms with van der Waals surface area (Å²) < 4.78 is 0. The molecule has 1 heterocycles. The van der Waals surface area contributed by atoms with Gasteiger partial charge in [0.1, 0.15) is 5.82 Å². The molecule has 3 nitrogen and oxygen atoms in total. The van der Waals surface area contributed by atoms with Gasteiger partial charge in [0.2, 0.25) is 0 Å². The predicted octanol–water partition coefficient (Wildman–Crippen LogP) is 1.87. The Kier molecular flexibility index (Phi) is 2.91. The molecule has 0 unspecified atom stereocenters. The SMILES string of the molecule is CCN(c1ccc(CO)c(C)n1)C1CC1. The Labute approximate surface area is 90.8 Å². The van der Waals surface area contributed by atoms with Crippen LogP contribution in [0.2, 0.25) is 0 Å². The lowest BCUT2D eigenvalue weighted by atomic mass is 10.2. The van der Waals surface area contributed by atoms with Gasteiger partial charge in [-0.05, 0) is 38.3 Å². The fourth-order valence-electron chi connectivity index (χ4n) is 1.90. The summed E-state index contributed by atoms with van der Waals surface area (Å²) in [6.45, 7) is 5.20. The van der Waals surface area contributed by atoms with Crippen molar-refractivity contribution in [1.29, 1.82) is 0 Å². The number of rotatable bonds is 4. The first-order valence-corrected chi connectivity index (χ1v) is 5.60. The van der Waals surface area contributed by atoms with E-state index in [0.717, 1.165) is 23.6 Å². The topological polar surface area (TPSA) is 36.4 Å². The van der Waals surface area contributed by atoms with E-state index in [1.165, 1.54) is 12.8 Å². The Hall–Kier alpha value is -1.09. The molecular formula is C12H18N2O. The van der Waals surface area contributed by atoms with Crippen LogP contribution in [0.1, 0.15) is 31.0 Å². The van der Waals surface area contributed by atoms with Gasteiger partial charge in [0, 0.05) is 18.3 Å². The number of aromatic nitrogens is 1. The van der Waals surface area contributed by atoms with Crippen LogP contribution < -0.4 is 4.90 Å². The Morgan fingerprint density at radius 3 is 2.67 bits per heavy atom. The van der Waals surface area contributed by atoms with E-state index in [2.05, 4.69) is 16.8 Å². The first kappa shape index (κ1) is 10.4. The second kappa shape index (κ2) is 4.19. The lowest BCUT2D eigenvalue weighted by Gasteiger charge is -2.22. The van der Waals surface area contributed by atoms with Gasteiger partial charge in [0.15, 0.2) is 0 Å². The van der Waals surface area contributed by atoms with Gasteiger partial charge >= 0.3 is 0 Å². The average molecular weight is 206 g/mol. The molecule has 15 heavy (non-hydrogen) atoms. The number of anilines is 1. The maximum absolute atomic E-state index is 9.07. The number of aryl methyl sites for hydroxylation is 1. The summed E-state index contributed by atoms with van der Waals surface area (Å²) in [6, 6.07) is 4.69. The third kappa shape index (κ3) is 2.12. The molecule has 0 saturated heterocycles. The van der Waals surface area contributed by atoms with Gasteiger partial charge < -0.3 is 10.0 Å². The quantitative estimate of drug-likeness (QED) is 0.817. The van der Waals surface area contributed by atoms with Crippen molar-refractivity contribution in [2.24, 2.45) is 0 Å². The van der Waals surface area contributed by atoms with Gasteiger partial charge in [-0.15, -0.1) is 0 Å². The van der Waals surface area contributed by atoms with Crippen LogP contribution in [0.5, 0.6) is 0 Å². The number of pyridine rings is 1. The van der Waals surface area contributed by atoms with Crippen molar-refractivity contribution in [3.8, 4) is 0 Å². The normalized spacial score (nSPS) is 15.4. The maximum atomic E-state index is 9.07. The van der Waals surface area contributed by atoms with E-state index in [9.17, 15) is 0 Å². The molecular weight excluding hydrogens is 188 g/mol. The highest BCUT2D eigenvalue weighted by Crippen LogP contribution is 2.30. The second-order valence-electron chi connectivity index (χ2n) is 4.09. The molecule has 0 bridgehead atoms. The molecule has 1 aromatic rings. The molecule has 0 radical (unpaired) electrons. The monoisotopic (exact) mass is 206 g/mol. The van der Waals surface area contributed by atoms with Gasteiger partial charge in [0.25, 0.3) is 0 Å². The molecule has 0 atom stereocenters. The molecule has 1 saturated carbocycles. The molecule has 0 aliphatic heterocycles. The van der Waals surface area contributed by atoms with Gasteiger partial charge in [-0.2, -0.15) is 0 Å². The van der Waals surface area contributed by atoms with E-state index in [1.807, 2.05) is 19.1 Å². The van der Waals surface area contributed by atoms with Gasteiger partial charge in [-0.1, -0.05) is 6.07 Å².